The number of benzene rings is 5. The standard InChI is InChI=1S/C46H40BrF3N6O2/c1-3-4-24-41-39(40(29-57-2)52-55(41)30-45(48,49)50)28-31-25-26-36-38(27-31)43(47)58-42(36)35-22-14-15-23-37(35)44-51-54-56(53-44)46(32-16-8-5-9-17-32,33-18-10-6-11-19-33)34-20-12-7-13-21-34/h5-23,25-27H,3-4,24,28-30H2,1-2H3. The summed E-state index contributed by atoms with van der Waals surface area (Å²) in [6, 6.07) is 44.3. The summed E-state index contributed by atoms with van der Waals surface area (Å²) in [4.78, 5) is 1.70. The number of tetrazole rings is 1. The van der Waals surface area contributed by atoms with Gasteiger partial charge in [0.2, 0.25) is 5.82 Å². The normalized spacial score (nSPS) is 12.1. The molecule has 8 rings (SSSR count). The van der Waals surface area contributed by atoms with Crippen LogP contribution in [-0.4, -0.2) is 43.3 Å². The Balaban J connectivity index is 1.20. The molecule has 294 valence electrons. The third-order valence-corrected chi connectivity index (χ3v) is 11.0. The zero-order chi connectivity index (χ0) is 40.3. The van der Waals surface area contributed by atoms with E-state index in [9.17, 15) is 13.2 Å². The fourth-order valence-corrected chi connectivity index (χ4v) is 8.35. The number of methoxy groups -OCH3 is 1. The average molecular weight is 846 g/mol. The molecule has 8 aromatic rings. The van der Waals surface area contributed by atoms with Crippen molar-refractivity contribution in [3.63, 3.8) is 0 Å². The van der Waals surface area contributed by atoms with E-state index in [-0.39, 0.29) is 6.61 Å². The Kier molecular flexibility index (Phi) is 11.1. The van der Waals surface area contributed by atoms with E-state index in [4.69, 9.17) is 24.6 Å². The number of alkyl halides is 3. The van der Waals surface area contributed by atoms with Crippen LogP contribution < -0.4 is 0 Å². The van der Waals surface area contributed by atoms with Gasteiger partial charge in [-0.15, -0.1) is 15.0 Å². The smallest absolute Gasteiger partial charge is 0.408 e. The molecule has 0 atom stereocenters. The highest BCUT2D eigenvalue weighted by Crippen LogP contribution is 2.43. The molecular weight excluding hydrogens is 805 g/mol. The summed E-state index contributed by atoms with van der Waals surface area (Å²) in [5, 5.41) is 20.7. The van der Waals surface area contributed by atoms with Crippen molar-refractivity contribution in [2.75, 3.05) is 7.11 Å². The molecule has 58 heavy (non-hydrogen) atoms. The predicted molar refractivity (Wildman–Crippen MR) is 221 cm³/mol. The Hall–Kier alpha value is -5.85. The van der Waals surface area contributed by atoms with Gasteiger partial charge in [-0.2, -0.15) is 18.3 Å². The third kappa shape index (κ3) is 7.49. The Labute approximate surface area is 342 Å². The molecule has 3 aromatic heterocycles. The van der Waals surface area contributed by atoms with E-state index in [2.05, 4.69) is 57.4 Å². The Bertz CT molecular complexity index is 2540. The van der Waals surface area contributed by atoms with Gasteiger partial charge in [0.25, 0.3) is 0 Å². The van der Waals surface area contributed by atoms with Crippen LogP contribution in [0.25, 0.3) is 33.5 Å². The molecule has 0 saturated heterocycles. The molecule has 0 aliphatic carbocycles. The largest absolute Gasteiger partial charge is 0.448 e. The van der Waals surface area contributed by atoms with Gasteiger partial charge in [0, 0.05) is 46.7 Å². The van der Waals surface area contributed by atoms with Crippen molar-refractivity contribution in [3.05, 3.63) is 177 Å². The molecule has 3 heterocycles. The maximum absolute atomic E-state index is 13.6. The lowest BCUT2D eigenvalue weighted by Gasteiger charge is -2.34. The van der Waals surface area contributed by atoms with Crippen LogP contribution in [0.4, 0.5) is 13.2 Å². The summed E-state index contributed by atoms with van der Waals surface area (Å²) in [7, 11) is 1.52. The minimum atomic E-state index is -4.40. The molecule has 0 radical (unpaired) electrons. The van der Waals surface area contributed by atoms with Crippen LogP contribution in [0.1, 0.15) is 59.0 Å². The second-order valence-electron chi connectivity index (χ2n) is 14.2. The lowest BCUT2D eigenvalue weighted by molar-refractivity contribution is -0.143. The molecule has 8 nitrogen and oxygen atoms in total. The number of hydrogen-bond donors (Lipinski definition) is 0. The van der Waals surface area contributed by atoms with E-state index in [1.807, 2.05) is 104 Å². The van der Waals surface area contributed by atoms with Crippen LogP contribution in [0, 0.1) is 0 Å². The molecule has 0 unspecified atom stereocenters. The Morgan fingerprint density at radius 2 is 1.34 bits per heavy atom. The second kappa shape index (κ2) is 16.6. The molecule has 0 spiro atoms. The van der Waals surface area contributed by atoms with E-state index in [1.54, 1.807) is 4.80 Å². The van der Waals surface area contributed by atoms with Crippen LogP contribution >= 0.6 is 15.9 Å². The number of unbranched alkanes of at least 4 members (excludes halogenated alkanes) is 1. The van der Waals surface area contributed by atoms with Gasteiger partial charge >= 0.3 is 6.18 Å². The van der Waals surface area contributed by atoms with Crippen LogP contribution in [0.2, 0.25) is 0 Å². The number of ether oxygens (including phenoxy) is 1. The lowest BCUT2D eigenvalue weighted by Crippen LogP contribution is -2.39. The van der Waals surface area contributed by atoms with Gasteiger partial charge < -0.3 is 9.15 Å². The van der Waals surface area contributed by atoms with Crippen molar-refractivity contribution >= 4 is 26.7 Å². The molecule has 0 saturated carbocycles. The van der Waals surface area contributed by atoms with Crippen LogP contribution in [0.3, 0.4) is 0 Å². The maximum atomic E-state index is 13.6. The molecule has 5 aromatic carbocycles. The third-order valence-electron chi connectivity index (χ3n) is 10.4. The van der Waals surface area contributed by atoms with Gasteiger partial charge in [-0.05, 0) is 62.3 Å². The maximum Gasteiger partial charge on any atom is 0.408 e. The number of halogens is 4. The minimum absolute atomic E-state index is 0.111. The first-order valence-corrected chi connectivity index (χ1v) is 19.9. The molecule has 0 N–H and O–H groups in total. The number of fused-ring (bicyclic) bond motifs is 1. The van der Waals surface area contributed by atoms with Crippen LogP contribution in [-0.2, 0) is 36.3 Å². The van der Waals surface area contributed by atoms with Crippen LogP contribution in [0.5, 0.6) is 0 Å². The first-order valence-electron chi connectivity index (χ1n) is 19.1. The van der Waals surface area contributed by atoms with Crippen molar-refractivity contribution in [1.29, 1.82) is 0 Å². The Morgan fingerprint density at radius 3 is 1.93 bits per heavy atom. The first-order chi connectivity index (χ1) is 28.2. The predicted octanol–water partition coefficient (Wildman–Crippen LogP) is 11.2. The molecule has 0 amide bonds. The van der Waals surface area contributed by atoms with Crippen molar-refractivity contribution in [3.8, 4) is 22.7 Å². The highest BCUT2D eigenvalue weighted by molar-refractivity contribution is 9.10. The zero-order valence-electron chi connectivity index (χ0n) is 32.0. The van der Waals surface area contributed by atoms with Gasteiger partial charge in [0.15, 0.2) is 10.2 Å². The van der Waals surface area contributed by atoms with E-state index in [0.717, 1.165) is 67.2 Å². The lowest BCUT2D eigenvalue weighted by atomic mass is 9.77. The van der Waals surface area contributed by atoms with Crippen molar-refractivity contribution in [2.45, 2.75) is 57.5 Å². The fraction of sp³-hybridized carbons (Fsp3) is 0.217. The van der Waals surface area contributed by atoms with E-state index in [0.29, 0.717) is 40.5 Å². The average Bonchev–Trinajstić information content (AvgIpc) is 3.94. The highest BCUT2D eigenvalue weighted by atomic mass is 79.9. The van der Waals surface area contributed by atoms with Gasteiger partial charge in [0.05, 0.1) is 12.3 Å². The van der Waals surface area contributed by atoms with E-state index >= 15 is 0 Å². The summed E-state index contributed by atoms with van der Waals surface area (Å²) in [6.45, 7) is 0.984. The molecule has 0 fully saturated rings. The zero-order valence-corrected chi connectivity index (χ0v) is 33.5. The quantitative estimate of drug-likeness (QED) is 0.101. The molecular formula is C46H40BrF3N6O2. The van der Waals surface area contributed by atoms with Crippen molar-refractivity contribution in [2.24, 2.45) is 0 Å². The number of rotatable bonds is 14. The van der Waals surface area contributed by atoms with Crippen molar-refractivity contribution < 1.29 is 22.3 Å². The Morgan fingerprint density at radius 1 is 0.741 bits per heavy atom. The van der Waals surface area contributed by atoms with E-state index < -0.39 is 18.3 Å². The van der Waals surface area contributed by atoms with Crippen molar-refractivity contribution in [1.82, 2.24) is 30.0 Å². The second-order valence-corrected chi connectivity index (χ2v) is 14.9. The first kappa shape index (κ1) is 39.0. The summed E-state index contributed by atoms with van der Waals surface area (Å²) in [6.07, 6.45) is -1.95. The summed E-state index contributed by atoms with van der Waals surface area (Å²) >= 11 is 3.67. The minimum Gasteiger partial charge on any atom is -0.448 e. The monoisotopic (exact) mass is 844 g/mol. The molecule has 0 aliphatic heterocycles. The van der Waals surface area contributed by atoms with Gasteiger partial charge in [0.1, 0.15) is 12.3 Å². The van der Waals surface area contributed by atoms with Gasteiger partial charge in [-0.3, -0.25) is 4.68 Å². The number of hydrogen-bond acceptors (Lipinski definition) is 6. The van der Waals surface area contributed by atoms with Crippen LogP contribution in [0.15, 0.2) is 143 Å². The summed E-state index contributed by atoms with van der Waals surface area (Å²) in [5.74, 6) is 1.03. The fourth-order valence-electron chi connectivity index (χ4n) is 7.86. The molecule has 12 heteroatoms. The van der Waals surface area contributed by atoms with E-state index in [1.165, 1.54) is 7.11 Å². The number of furan rings is 1. The summed E-state index contributed by atoms with van der Waals surface area (Å²) in [5.41, 5.74) is 6.24. The molecule has 0 bridgehead atoms. The summed E-state index contributed by atoms with van der Waals surface area (Å²) < 4.78 is 54.4. The van der Waals surface area contributed by atoms with Gasteiger partial charge in [-0.25, -0.2) is 0 Å². The number of nitrogens with zero attached hydrogens (tertiary/aromatic N) is 6. The number of aromatic nitrogens is 6. The topological polar surface area (TPSA) is 83.8 Å². The SMILES string of the molecule is CCCCc1c(Cc2ccc3c(-c4ccccc4-c4nnn(C(c5ccccc5)(c5ccccc5)c5ccccc5)n4)oc(Br)c3c2)c(COC)nn1CC(F)(F)F. The van der Waals surface area contributed by atoms with Gasteiger partial charge in [-0.1, -0.05) is 141 Å². The highest BCUT2D eigenvalue weighted by Gasteiger charge is 2.41. The molecule has 0 aliphatic rings.